The van der Waals surface area contributed by atoms with Gasteiger partial charge in [0, 0.05) is 19.0 Å². The summed E-state index contributed by atoms with van der Waals surface area (Å²) in [5, 5.41) is 15.1. The third kappa shape index (κ3) is 3.70. The highest BCUT2D eigenvalue weighted by Crippen LogP contribution is 2.04. The van der Waals surface area contributed by atoms with Crippen molar-refractivity contribution in [2.24, 2.45) is 0 Å². The van der Waals surface area contributed by atoms with E-state index in [-0.39, 0.29) is 0 Å². The van der Waals surface area contributed by atoms with Gasteiger partial charge >= 0.3 is 0 Å². The highest BCUT2D eigenvalue weighted by atomic mass is 14.9. The van der Waals surface area contributed by atoms with Crippen molar-refractivity contribution in [2.75, 3.05) is 19.6 Å². The molecule has 1 unspecified atom stereocenters. The van der Waals surface area contributed by atoms with E-state index in [1.165, 1.54) is 19.3 Å². The summed E-state index contributed by atoms with van der Waals surface area (Å²) in [6, 6.07) is 2.78. The third-order valence-electron chi connectivity index (χ3n) is 2.25. The largest absolute Gasteiger partial charge is 0.317 e. The van der Waals surface area contributed by atoms with E-state index in [1.807, 2.05) is 0 Å². The molecule has 0 spiro atoms. The van der Waals surface area contributed by atoms with Crippen molar-refractivity contribution in [1.82, 2.24) is 10.6 Å². The van der Waals surface area contributed by atoms with Crippen LogP contribution < -0.4 is 10.6 Å². The van der Waals surface area contributed by atoms with Crippen LogP contribution in [0.25, 0.3) is 0 Å². The second-order valence-corrected chi connectivity index (χ2v) is 3.24. The highest BCUT2D eigenvalue weighted by molar-refractivity contribution is 4.76. The van der Waals surface area contributed by atoms with E-state index >= 15 is 0 Å². The van der Waals surface area contributed by atoms with E-state index in [4.69, 9.17) is 5.26 Å². The molecule has 3 nitrogen and oxygen atoms in total. The Kier molecular flexibility index (Phi) is 4.74. The van der Waals surface area contributed by atoms with Gasteiger partial charge in [0.1, 0.15) is 0 Å². The smallest absolute Gasteiger partial charge is 0.0635 e. The maximum Gasteiger partial charge on any atom is 0.0635 e. The molecule has 0 aromatic rings. The zero-order valence-corrected chi connectivity index (χ0v) is 7.47. The summed E-state index contributed by atoms with van der Waals surface area (Å²) < 4.78 is 0. The third-order valence-corrected chi connectivity index (χ3v) is 2.25. The summed E-state index contributed by atoms with van der Waals surface area (Å²) in [5.74, 6) is 0. The molecule has 0 aromatic carbocycles. The van der Waals surface area contributed by atoms with E-state index in [0.29, 0.717) is 12.5 Å². The van der Waals surface area contributed by atoms with Crippen molar-refractivity contribution in [2.45, 2.75) is 31.7 Å². The van der Waals surface area contributed by atoms with Crippen LogP contribution in [0.1, 0.15) is 25.7 Å². The Labute approximate surface area is 74.1 Å². The highest BCUT2D eigenvalue weighted by Gasteiger charge is 2.09. The monoisotopic (exact) mass is 167 g/mol. The van der Waals surface area contributed by atoms with E-state index in [2.05, 4.69) is 16.7 Å². The lowest BCUT2D eigenvalue weighted by molar-refractivity contribution is 0.475. The van der Waals surface area contributed by atoms with Crippen LogP contribution in [-0.4, -0.2) is 25.7 Å². The van der Waals surface area contributed by atoms with Crippen molar-refractivity contribution >= 4 is 0 Å². The average Bonchev–Trinajstić information content (AvgIpc) is 2.33. The summed E-state index contributed by atoms with van der Waals surface area (Å²) in [4.78, 5) is 0. The number of nitrogens with one attached hydrogen (secondary N) is 2. The van der Waals surface area contributed by atoms with Gasteiger partial charge < -0.3 is 10.6 Å². The first-order valence-corrected chi connectivity index (χ1v) is 4.74. The molecule has 1 fully saturated rings. The summed E-state index contributed by atoms with van der Waals surface area (Å²) >= 11 is 0. The first kappa shape index (κ1) is 9.50. The van der Waals surface area contributed by atoms with Crippen LogP contribution in [0.3, 0.4) is 0 Å². The lowest BCUT2D eigenvalue weighted by Crippen LogP contribution is -2.30. The van der Waals surface area contributed by atoms with Crippen molar-refractivity contribution in [3.8, 4) is 6.07 Å². The topological polar surface area (TPSA) is 47.9 Å². The molecule has 68 valence electrons. The van der Waals surface area contributed by atoms with Crippen molar-refractivity contribution in [3.05, 3.63) is 0 Å². The molecule has 1 aliphatic rings. The fourth-order valence-corrected chi connectivity index (χ4v) is 1.56. The van der Waals surface area contributed by atoms with Crippen LogP contribution in [0.5, 0.6) is 0 Å². The van der Waals surface area contributed by atoms with Crippen LogP contribution in [0.15, 0.2) is 0 Å². The second-order valence-electron chi connectivity index (χ2n) is 3.24. The Morgan fingerprint density at radius 2 is 2.33 bits per heavy atom. The van der Waals surface area contributed by atoms with E-state index in [1.54, 1.807) is 0 Å². The zero-order chi connectivity index (χ0) is 8.65. The minimum absolute atomic E-state index is 0.629. The first-order valence-electron chi connectivity index (χ1n) is 4.74. The quantitative estimate of drug-likeness (QED) is 0.606. The van der Waals surface area contributed by atoms with Crippen molar-refractivity contribution in [1.29, 1.82) is 5.26 Å². The number of hydrogen-bond acceptors (Lipinski definition) is 3. The van der Waals surface area contributed by atoms with Gasteiger partial charge in [0.2, 0.25) is 0 Å². The van der Waals surface area contributed by atoms with Crippen LogP contribution in [0.4, 0.5) is 0 Å². The van der Waals surface area contributed by atoms with Gasteiger partial charge in [-0.1, -0.05) is 0 Å². The van der Waals surface area contributed by atoms with Crippen LogP contribution in [0, 0.1) is 11.3 Å². The summed E-state index contributed by atoms with van der Waals surface area (Å²) in [6.45, 7) is 3.11. The fraction of sp³-hybridized carbons (Fsp3) is 0.889. The lowest BCUT2D eigenvalue weighted by atomic mass is 10.1. The summed E-state index contributed by atoms with van der Waals surface area (Å²) in [6.07, 6.45) is 4.33. The Morgan fingerprint density at radius 3 is 3.17 bits per heavy atom. The maximum atomic E-state index is 8.35. The van der Waals surface area contributed by atoms with Crippen LogP contribution >= 0.6 is 0 Å². The predicted molar refractivity (Wildman–Crippen MR) is 48.7 cm³/mol. The van der Waals surface area contributed by atoms with E-state index in [9.17, 15) is 0 Å². The zero-order valence-electron chi connectivity index (χ0n) is 7.47. The molecule has 1 saturated heterocycles. The molecule has 1 rings (SSSR count). The minimum atomic E-state index is 0.629. The van der Waals surface area contributed by atoms with E-state index < -0.39 is 0 Å². The van der Waals surface area contributed by atoms with Gasteiger partial charge in [0.15, 0.2) is 0 Å². The van der Waals surface area contributed by atoms with E-state index in [0.717, 1.165) is 19.6 Å². The van der Waals surface area contributed by atoms with Gasteiger partial charge in [-0.3, -0.25) is 0 Å². The summed E-state index contributed by atoms with van der Waals surface area (Å²) in [5.41, 5.74) is 0. The molecular weight excluding hydrogens is 150 g/mol. The summed E-state index contributed by atoms with van der Waals surface area (Å²) in [7, 11) is 0. The SMILES string of the molecule is N#CCCNC1CCCNCC1. The molecule has 2 N–H and O–H groups in total. The molecule has 0 bridgehead atoms. The molecule has 1 aliphatic heterocycles. The minimum Gasteiger partial charge on any atom is -0.317 e. The Balaban J connectivity index is 2.08. The van der Waals surface area contributed by atoms with Crippen molar-refractivity contribution < 1.29 is 0 Å². The first-order chi connectivity index (χ1) is 5.93. The van der Waals surface area contributed by atoms with Crippen molar-refractivity contribution in [3.63, 3.8) is 0 Å². The molecule has 0 aromatic heterocycles. The molecule has 1 atom stereocenters. The molecule has 0 aliphatic carbocycles. The standard InChI is InChI=1S/C9H17N3/c10-5-2-7-12-9-3-1-6-11-8-4-9/h9,11-12H,1-4,6-8H2. The molecule has 1 heterocycles. The molecule has 12 heavy (non-hydrogen) atoms. The molecule has 0 radical (unpaired) electrons. The normalized spacial score (nSPS) is 24.4. The molecule has 0 amide bonds. The Hall–Kier alpha value is -0.590. The van der Waals surface area contributed by atoms with Gasteiger partial charge in [-0.2, -0.15) is 5.26 Å². The van der Waals surface area contributed by atoms with Gasteiger partial charge in [-0.05, 0) is 32.4 Å². The Morgan fingerprint density at radius 1 is 1.42 bits per heavy atom. The van der Waals surface area contributed by atoms with Gasteiger partial charge in [-0.15, -0.1) is 0 Å². The average molecular weight is 167 g/mol. The van der Waals surface area contributed by atoms with Gasteiger partial charge in [-0.25, -0.2) is 0 Å². The second kappa shape index (κ2) is 5.99. The predicted octanol–water partition coefficient (Wildman–Crippen LogP) is 0.632. The Bertz CT molecular complexity index is 142. The number of nitrogens with zero attached hydrogens (tertiary/aromatic N) is 1. The number of rotatable bonds is 3. The number of nitriles is 1. The molecular formula is C9H17N3. The molecule has 0 saturated carbocycles. The van der Waals surface area contributed by atoms with Crippen LogP contribution in [-0.2, 0) is 0 Å². The maximum absolute atomic E-state index is 8.35. The fourth-order valence-electron chi connectivity index (χ4n) is 1.56. The van der Waals surface area contributed by atoms with Gasteiger partial charge in [0.05, 0.1) is 6.07 Å². The molecule has 3 heteroatoms. The number of hydrogen-bond donors (Lipinski definition) is 2. The van der Waals surface area contributed by atoms with Crippen LogP contribution in [0.2, 0.25) is 0 Å². The lowest BCUT2D eigenvalue weighted by Gasteiger charge is -2.14. The van der Waals surface area contributed by atoms with Gasteiger partial charge in [0.25, 0.3) is 0 Å².